The van der Waals surface area contributed by atoms with E-state index < -0.39 is 15.9 Å². The number of nitrogens with zero attached hydrogens (tertiary/aromatic N) is 1. The number of sulfonamides is 1. The second-order valence-electron chi connectivity index (χ2n) is 6.86. The van der Waals surface area contributed by atoms with Gasteiger partial charge in [-0.1, -0.05) is 23.8 Å². The Morgan fingerprint density at radius 3 is 2.23 bits per heavy atom. The molecular formula is C23H24N2O5S. The SMILES string of the molecule is COc1ccc(NC(=O)c2cccc(S(=O)(=O)N(C)c3ccc(C)cc3)c2)cc1OC. The smallest absolute Gasteiger partial charge is 0.264 e. The fourth-order valence-corrected chi connectivity index (χ4v) is 4.21. The first kappa shape index (κ1) is 22.2. The fraction of sp³-hybridized carbons (Fsp3) is 0.174. The minimum atomic E-state index is -3.84. The van der Waals surface area contributed by atoms with Gasteiger partial charge in [0.1, 0.15) is 0 Å². The number of benzene rings is 3. The second-order valence-corrected chi connectivity index (χ2v) is 8.83. The molecule has 3 aromatic rings. The van der Waals surface area contributed by atoms with E-state index in [9.17, 15) is 13.2 Å². The Kier molecular flexibility index (Phi) is 6.50. The van der Waals surface area contributed by atoms with Crippen LogP contribution in [-0.2, 0) is 10.0 Å². The predicted octanol–water partition coefficient (Wildman–Crippen LogP) is 4.09. The van der Waals surface area contributed by atoms with Crippen molar-refractivity contribution in [2.45, 2.75) is 11.8 Å². The summed E-state index contributed by atoms with van der Waals surface area (Å²) < 4.78 is 37.8. The zero-order valence-corrected chi connectivity index (χ0v) is 18.6. The van der Waals surface area contributed by atoms with Gasteiger partial charge in [0, 0.05) is 24.4 Å². The fourth-order valence-electron chi connectivity index (χ4n) is 2.97. The van der Waals surface area contributed by atoms with Gasteiger partial charge in [0.05, 0.1) is 24.8 Å². The molecule has 0 aliphatic heterocycles. The zero-order chi connectivity index (χ0) is 22.6. The van der Waals surface area contributed by atoms with Gasteiger partial charge in [-0.25, -0.2) is 8.42 Å². The summed E-state index contributed by atoms with van der Waals surface area (Å²) in [6, 6.07) is 18.0. The van der Waals surface area contributed by atoms with Gasteiger partial charge >= 0.3 is 0 Å². The first-order chi connectivity index (χ1) is 14.8. The van der Waals surface area contributed by atoms with Gasteiger partial charge in [0.2, 0.25) is 0 Å². The average molecular weight is 441 g/mol. The van der Waals surface area contributed by atoms with E-state index in [4.69, 9.17) is 9.47 Å². The molecule has 0 bridgehead atoms. The van der Waals surface area contributed by atoms with Crippen LogP contribution >= 0.6 is 0 Å². The molecule has 0 spiro atoms. The van der Waals surface area contributed by atoms with Crippen LogP contribution in [0, 0.1) is 6.92 Å². The van der Waals surface area contributed by atoms with Crippen LogP contribution in [0.25, 0.3) is 0 Å². The van der Waals surface area contributed by atoms with E-state index in [0.717, 1.165) is 5.56 Å². The molecule has 162 valence electrons. The molecule has 0 fully saturated rings. The van der Waals surface area contributed by atoms with Crippen LogP contribution < -0.4 is 19.1 Å². The van der Waals surface area contributed by atoms with Gasteiger partial charge in [-0.05, 0) is 49.4 Å². The summed E-state index contributed by atoms with van der Waals surface area (Å²) in [4.78, 5) is 12.8. The molecule has 31 heavy (non-hydrogen) atoms. The molecule has 0 aliphatic rings. The molecule has 1 amide bonds. The second kappa shape index (κ2) is 9.09. The Balaban J connectivity index is 1.85. The highest BCUT2D eigenvalue weighted by atomic mass is 32.2. The number of rotatable bonds is 7. The lowest BCUT2D eigenvalue weighted by molar-refractivity contribution is 0.102. The topological polar surface area (TPSA) is 84.9 Å². The summed E-state index contributed by atoms with van der Waals surface area (Å²) in [5, 5.41) is 2.75. The molecule has 8 heteroatoms. The monoisotopic (exact) mass is 440 g/mol. The van der Waals surface area contributed by atoms with Crippen molar-refractivity contribution in [3.63, 3.8) is 0 Å². The van der Waals surface area contributed by atoms with Crippen molar-refractivity contribution in [3.05, 3.63) is 77.9 Å². The number of carbonyl (C=O) groups excluding carboxylic acids is 1. The quantitative estimate of drug-likeness (QED) is 0.598. The van der Waals surface area contributed by atoms with Gasteiger partial charge in [-0.3, -0.25) is 9.10 Å². The van der Waals surface area contributed by atoms with Gasteiger partial charge in [-0.15, -0.1) is 0 Å². The van der Waals surface area contributed by atoms with E-state index in [2.05, 4.69) is 5.32 Å². The highest BCUT2D eigenvalue weighted by Gasteiger charge is 2.22. The van der Waals surface area contributed by atoms with Gasteiger partial charge in [-0.2, -0.15) is 0 Å². The molecule has 1 N–H and O–H groups in total. The number of ether oxygens (including phenoxy) is 2. The Bertz CT molecular complexity index is 1190. The molecule has 0 aliphatic carbocycles. The van der Waals surface area contributed by atoms with Crippen LogP contribution in [0.2, 0.25) is 0 Å². The van der Waals surface area contributed by atoms with Crippen LogP contribution in [0.5, 0.6) is 11.5 Å². The van der Waals surface area contributed by atoms with Gasteiger partial charge < -0.3 is 14.8 Å². The summed E-state index contributed by atoms with van der Waals surface area (Å²) in [5.74, 6) is 0.561. The largest absolute Gasteiger partial charge is 0.493 e. The lowest BCUT2D eigenvalue weighted by Crippen LogP contribution is -2.26. The number of aryl methyl sites for hydroxylation is 1. The van der Waals surface area contributed by atoms with Gasteiger partial charge in [0.25, 0.3) is 15.9 Å². The summed E-state index contributed by atoms with van der Waals surface area (Å²) in [6.07, 6.45) is 0. The molecule has 3 rings (SSSR count). The third kappa shape index (κ3) is 4.80. The van der Waals surface area contributed by atoms with Crippen LogP contribution in [0.3, 0.4) is 0 Å². The van der Waals surface area contributed by atoms with Crippen molar-refractivity contribution in [1.82, 2.24) is 0 Å². The first-order valence-corrected chi connectivity index (χ1v) is 10.9. The Labute approximate surface area is 182 Å². The van der Waals surface area contributed by atoms with E-state index in [-0.39, 0.29) is 10.5 Å². The van der Waals surface area contributed by atoms with Crippen molar-refractivity contribution in [1.29, 1.82) is 0 Å². The third-order valence-corrected chi connectivity index (χ3v) is 6.58. The molecular weight excluding hydrogens is 416 g/mol. The van der Waals surface area contributed by atoms with E-state index in [1.165, 1.54) is 37.7 Å². The maximum absolute atomic E-state index is 13.1. The molecule has 0 atom stereocenters. The normalized spacial score (nSPS) is 11.0. The van der Waals surface area contributed by atoms with Crippen molar-refractivity contribution >= 4 is 27.3 Å². The summed E-state index contributed by atoms with van der Waals surface area (Å²) in [5.41, 5.74) is 2.27. The summed E-state index contributed by atoms with van der Waals surface area (Å²) in [7, 11) is 0.672. The molecule has 0 heterocycles. The minimum absolute atomic E-state index is 0.0236. The number of hydrogen-bond acceptors (Lipinski definition) is 5. The highest BCUT2D eigenvalue weighted by Crippen LogP contribution is 2.30. The maximum atomic E-state index is 13.1. The lowest BCUT2D eigenvalue weighted by Gasteiger charge is -2.20. The first-order valence-electron chi connectivity index (χ1n) is 9.45. The van der Waals surface area contributed by atoms with Crippen molar-refractivity contribution in [3.8, 4) is 11.5 Å². The van der Waals surface area contributed by atoms with Gasteiger partial charge in [0.15, 0.2) is 11.5 Å². The van der Waals surface area contributed by atoms with E-state index >= 15 is 0 Å². The standard InChI is InChI=1S/C23H24N2O5S/c1-16-8-11-19(12-9-16)25(2)31(27,28)20-7-5-6-17(14-20)23(26)24-18-10-13-21(29-3)22(15-18)30-4/h5-15H,1-4H3,(H,24,26). The van der Waals surface area contributed by atoms with E-state index in [1.54, 1.807) is 42.5 Å². The van der Waals surface area contributed by atoms with Crippen molar-refractivity contribution in [2.75, 3.05) is 30.9 Å². The third-order valence-electron chi connectivity index (χ3n) is 4.79. The van der Waals surface area contributed by atoms with Crippen LogP contribution in [0.4, 0.5) is 11.4 Å². The number of methoxy groups -OCH3 is 2. The molecule has 0 saturated carbocycles. The number of amides is 1. The molecule has 0 aromatic heterocycles. The number of anilines is 2. The molecule has 3 aromatic carbocycles. The van der Waals surface area contributed by atoms with Crippen molar-refractivity contribution in [2.24, 2.45) is 0 Å². The Morgan fingerprint density at radius 2 is 1.58 bits per heavy atom. The molecule has 0 saturated heterocycles. The molecule has 7 nitrogen and oxygen atoms in total. The number of nitrogens with one attached hydrogen (secondary N) is 1. The Hall–Kier alpha value is -3.52. The lowest BCUT2D eigenvalue weighted by atomic mass is 10.2. The zero-order valence-electron chi connectivity index (χ0n) is 17.7. The summed E-state index contributed by atoms with van der Waals surface area (Å²) >= 11 is 0. The number of hydrogen-bond donors (Lipinski definition) is 1. The predicted molar refractivity (Wildman–Crippen MR) is 121 cm³/mol. The molecule has 0 radical (unpaired) electrons. The number of carbonyl (C=O) groups is 1. The van der Waals surface area contributed by atoms with Crippen LogP contribution in [0.15, 0.2) is 71.6 Å². The van der Waals surface area contributed by atoms with E-state index in [1.807, 2.05) is 19.1 Å². The van der Waals surface area contributed by atoms with Crippen molar-refractivity contribution < 1.29 is 22.7 Å². The molecule has 0 unspecified atom stereocenters. The minimum Gasteiger partial charge on any atom is -0.493 e. The average Bonchev–Trinajstić information content (AvgIpc) is 2.79. The Morgan fingerprint density at radius 1 is 0.903 bits per heavy atom. The van der Waals surface area contributed by atoms with E-state index in [0.29, 0.717) is 22.9 Å². The van der Waals surface area contributed by atoms with Crippen LogP contribution in [-0.4, -0.2) is 35.6 Å². The highest BCUT2D eigenvalue weighted by molar-refractivity contribution is 7.92. The summed E-state index contributed by atoms with van der Waals surface area (Å²) in [6.45, 7) is 1.93. The van der Waals surface area contributed by atoms with Crippen LogP contribution in [0.1, 0.15) is 15.9 Å². The maximum Gasteiger partial charge on any atom is 0.264 e.